The van der Waals surface area contributed by atoms with Crippen LogP contribution in [0, 0.1) is 5.41 Å². The largest absolute Gasteiger partial charge is 0.457 e. The summed E-state index contributed by atoms with van der Waals surface area (Å²) in [4.78, 5) is 26.8. The van der Waals surface area contributed by atoms with Crippen molar-refractivity contribution >= 4 is 11.9 Å². The van der Waals surface area contributed by atoms with Crippen molar-refractivity contribution in [3.63, 3.8) is 0 Å². The van der Waals surface area contributed by atoms with Gasteiger partial charge in [-0.3, -0.25) is 4.79 Å². The van der Waals surface area contributed by atoms with E-state index in [0.29, 0.717) is 38.9 Å². The molecule has 2 aliphatic heterocycles. The van der Waals surface area contributed by atoms with Crippen LogP contribution in [0.5, 0.6) is 11.5 Å². The lowest BCUT2D eigenvalue weighted by molar-refractivity contribution is -0.140. The molecule has 31 heavy (non-hydrogen) atoms. The van der Waals surface area contributed by atoms with Crippen molar-refractivity contribution in [2.45, 2.75) is 38.3 Å². The van der Waals surface area contributed by atoms with Crippen LogP contribution in [0.4, 0.5) is 4.79 Å². The number of para-hydroxylation sites is 1. The van der Waals surface area contributed by atoms with Crippen LogP contribution in [-0.2, 0) is 4.79 Å². The van der Waals surface area contributed by atoms with E-state index in [1.165, 1.54) is 0 Å². The summed E-state index contributed by atoms with van der Waals surface area (Å²) < 4.78 is 5.81. The van der Waals surface area contributed by atoms with Crippen LogP contribution in [-0.4, -0.2) is 47.7 Å². The molecule has 1 spiro atoms. The Kier molecular flexibility index (Phi) is 6.13. The Bertz CT molecular complexity index is 908. The first-order chi connectivity index (χ1) is 14.9. The van der Waals surface area contributed by atoms with E-state index in [2.05, 4.69) is 10.6 Å². The number of nitrogens with one attached hydrogen (secondary N) is 2. The van der Waals surface area contributed by atoms with Crippen molar-refractivity contribution in [1.29, 1.82) is 0 Å². The number of carbonyl (C=O) groups excluding carboxylic acids is 2. The molecular weight excluding hydrogens is 394 g/mol. The fourth-order valence-electron chi connectivity index (χ4n) is 4.39. The highest BCUT2D eigenvalue weighted by molar-refractivity contribution is 5.84. The first-order valence-corrected chi connectivity index (χ1v) is 10.8. The maximum Gasteiger partial charge on any atom is 0.317 e. The summed E-state index contributed by atoms with van der Waals surface area (Å²) in [6, 6.07) is 17.0. The quantitative estimate of drug-likeness (QED) is 0.704. The van der Waals surface area contributed by atoms with Gasteiger partial charge in [0.1, 0.15) is 11.5 Å². The number of hydrogen-bond acceptors (Lipinski definition) is 4. The first kappa shape index (κ1) is 21.2. The van der Waals surface area contributed by atoms with E-state index in [0.717, 1.165) is 17.1 Å². The summed E-state index contributed by atoms with van der Waals surface area (Å²) in [5.74, 6) is 1.52. The van der Waals surface area contributed by atoms with E-state index >= 15 is 0 Å². The van der Waals surface area contributed by atoms with Gasteiger partial charge in [0.15, 0.2) is 0 Å². The van der Waals surface area contributed by atoms with Crippen molar-refractivity contribution < 1.29 is 19.4 Å². The van der Waals surface area contributed by atoms with E-state index in [4.69, 9.17) is 4.74 Å². The van der Waals surface area contributed by atoms with E-state index in [1.54, 1.807) is 4.90 Å². The highest BCUT2D eigenvalue weighted by Crippen LogP contribution is 2.38. The van der Waals surface area contributed by atoms with Gasteiger partial charge in [-0.2, -0.15) is 0 Å². The Morgan fingerprint density at radius 3 is 2.45 bits per heavy atom. The molecule has 7 heteroatoms. The number of β-amino-alcohol motifs (C(OH)–C–C–N with tert-alkyl or cyclic N) is 1. The molecule has 3 amide bonds. The third-order valence-corrected chi connectivity index (χ3v) is 6.31. The Balaban J connectivity index is 1.30. The van der Waals surface area contributed by atoms with E-state index < -0.39 is 11.5 Å². The number of aliphatic hydroxyl groups is 1. The number of ether oxygens (including phenoxy) is 1. The molecule has 2 aromatic rings. The molecule has 0 aliphatic carbocycles. The molecule has 2 atom stereocenters. The van der Waals surface area contributed by atoms with Gasteiger partial charge in [0.25, 0.3) is 0 Å². The van der Waals surface area contributed by atoms with Crippen LogP contribution in [0.1, 0.15) is 37.8 Å². The number of likely N-dealkylation sites (tertiary alicyclic amines) is 1. The number of aliphatic hydroxyl groups excluding tert-OH is 1. The van der Waals surface area contributed by atoms with Gasteiger partial charge in [0.2, 0.25) is 5.91 Å². The Morgan fingerprint density at radius 2 is 1.77 bits per heavy atom. The van der Waals surface area contributed by atoms with Crippen molar-refractivity contribution in [3.8, 4) is 11.5 Å². The highest BCUT2D eigenvalue weighted by Gasteiger charge is 2.45. The van der Waals surface area contributed by atoms with Gasteiger partial charge in [-0.05, 0) is 56.0 Å². The maximum atomic E-state index is 12.7. The molecule has 0 saturated carbocycles. The first-order valence-electron chi connectivity index (χ1n) is 10.8. The minimum absolute atomic E-state index is 0.00374. The zero-order valence-electron chi connectivity index (χ0n) is 17.7. The summed E-state index contributed by atoms with van der Waals surface area (Å²) in [5, 5.41) is 15.8. The summed E-state index contributed by atoms with van der Waals surface area (Å²) in [7, 11) is 0. The molecule has 2 fully saturated rings. The minimum atomic E-state index is -0.547. The van der Waals surface area contributed by atoms with Gasteiger partial charge in [-0.1, -0.05) is 30.3 Å². The second kappa shape index (κ2) is 8.98. The molecule has 164 valence electrons. The molecular formula is C24H29N3O4. The number of rotatable bonds is 4. The number of piperidine rings is 2. The molecule has 0 bridgehead atoms. The zero-order chi connectivity index (χ0) is 21.8. The van der Waals surface area contributed by atoms with Crippen molar-refractivity contribution in [1.82, 2.24) is 15.5 Å². The fourth-order valence-corrected chi connectivity index (χ4v) is 4.39. The monoisotopic (exact) mass is 423 g/mol. The molecule has 0 radical (unpaired) electrons. The number of benzene rings is 2. The number of hydrogen-bond donors (Lipinski definition) is 3. The Labute approximate surface area is 182 Å². The number of carbonyl (C=O) groups is 2. The van der Waals surface area contributed by atoms with Crippen LogP contribution in [0.3, 0.4) is 0 Å². The molecule has 2 aromatic carbocycles. The maximum absolute atomic E-state index is 12.7. The molecule has 0 aromatic heterocycles. The summed E-state index contributed by atoms with van der Waals surface area (Å²) >= 11 is 0. The van der Waals surface area contributed by atoms with Crippen molar-refractivity contribution in [2.75, 3.05) is 19.6 Å². The number of nitrogens with zero attached hydrogens (tertiary/aromatic N) is 1. The topological polar surface area (TPSA) is 90.9 Å². The molecule has 2 unspecified atom stereocenters. The summed E-state index contributed by atoms with van der Waals surface area (Å²) in [6.45, 7) is 3.27. The van der Waals surface area contributed by atoms with Gasteiger partial charge >= 0.3 is 6.03 Å². The van der Waals surface area contributed by atoms with Crippen LogP contribution >= 0.6 is 0 Å². The lowest BCUT2D eigenvalue weighted by Gasteiger charge is -2.44. The molecule has 7 nitrogen and oxygen atoms in total. The van der Waals surface area contributed by atoms with E-state index in [-0.39, 0.29) is 18.0 Å². The second-order valence-electron chi connectivity index (χ2n) is 8.49. The Hall–Kier alpha value is -3.06. The van der Waals surface area contributed by atoms with Crippen molar-refractivity contribution in [3.05, 3.63) is 60.2 Å². The average molecular weight is 424 g/mol. The normalized spacial score (nSPS) is 21.3. The van der Waals surface area contributed by atoms with Crippen LogP contribution < -0.4 is 15.4 Å². The molecule has 2 aliphatic rings. The molecule has 4 rings (SSSR count). The highest BCUT2D eigenvalue weighted by atomic mass is 16.5. The standard InChI is InChI=1S/C24H29N3O4/c1-17(18-7-9-21(10-8-18)31-20-5-3-2-4-6-20)26-23(30)27-13-11-24(12-14-27)15-19(28)16-25-22(24)29/h2-10,17,19,28H,11-16H2,1H3,(H,25,29)(H,26,30). The summed E-state index contributed by atoms with van der Waals surface area (Å²) in [6.07, 6.45) is 1.11. The number of urea groups is 1. The summed E-state index contributed by atoms with van der Waals surface area (Å²) in [5.41, 5.74) is 0.436. The number of amides is 3. The van der Waals surface area contributed by atoms with Crippen molar-refractivity contribution in [2.24, 2.45) is 5.41 Å². The third kappa shape index (κ3) is 4.82. The Morgan fingerprint density at radius 1 is 1.13 bits per heavy atom. The van der Waals surface area contributed by atoms with Crippen LogP contribution in [0.15, 0.2) is 54.6 Å². The van der Waals surface area contributed by atoms with Gasteiger partial charge in [-0.25, -0.2) is 4.79 Å². The van der Waals surface area contributed by atoms with E-state index in [9.17, 15) is 14.7 Å². The van der Waals surface area contributed by atoms with Crippen LogP contribution in [0.25, 0.3) is 0 Å². The predicted octanol–water partition coefficient (Wildman–Crippen LogP) is 3.21. The predicted molar refractivity (Wildman–Crippen MR) is 117 cm³/mol. The molecule has 2 heterocycles. The average Bonchev–Trinajstić information content (AvgIpc) is 2.78. The second-order valence-corrected chi connectivity index (χ2v) is 8.49. The van der Waals surface area contributed by atoms with Crippen LogP contribution in [0.2, 0.25) is 0 Å². The smallest absolute Gasteiger partial charge is 0.317 e. The SMILES string of the molecule is CC(NC(=O)N1CCC2(CC1)CC(O)CNC2=O)c1ccc(Oc2ccccc2)cc1. The van der Waals surface area contributed by atoms with Gasteiger partial charge < -0.3 is 25.4 Å². The minimum Gasteiger partial charge on any atom is -0.457 e. The fraction of sp³-hybridized carbons (Fsp3) is 0.417. The van der Waals surface area contributed by atoms with E-state index in [1.807, 2.05) is 61.5 Å². The molecule has 3 N–H and O–H groups in total. The lowest BCUT2D eigenvalue weighted by Crippen LogP contribution is -2.57. The zero-order valence-corrected chi connectivity index (χ0v) is 17.7. The molecule has 2 saturated heterocycles. The lowest BCUT2D eigenvalue weighted by atomic mass is 9.71. The van der Waals surface area contributed by atoms with Gasteiger partial charge in [0.05, 0.1) is 17.6 Å². The third-order valence-electron chi connectivity index (χ3n) is 6.31. The van der Waals surface area contributed by atoms with Gasteiger partial charge in [-0.15, -0.1) is 0 Å². The van der Waals surface area contributed by atoms with Gasteiger partial charge in [0, 0.05) is 19.6 Å².